The minimum Gasteiger partial charge on any atom is -0.387 e. The molecule has 1 fully saturated rings. The smallest absolute Gasteiger partial charge is 0.123 e. The van der Waals surface area contributed by atoms with E-state index in [1.165, 1.54) is 5.56 Å². The maximum Gasteiger partial charge on any atom is 0.123 e. The van der Waals surface area contributed by atoms with Crippen LogP contribution in [0.5, 0.6) is 0 Å². The number of aliphatic hydroxyl groups excluding tert-OH is 1. The molecule has 1 saturated heterocycles. The third-order valence-electron chi connectivity index (χ3n) is 5.38. The van der Waals surface area contributed by atoms with E-state index in [0.717, 1.165) is 44.3 Å². The van der Waals surface area contributed by atoms with Gasteiger partial charge in [0.1, 0.15) is 18.9 Å². The van der Waals surface area contributed by atoms with E-state index < -0.39 is 6.10 Å². The van der Waals surface area contributed by atoms with Gasteiger partial charge in [0.05, 0.1) is 19.6 Å². The van der Waals surface area contributed by atoms with Crippen molar-refractivity contribution in [1.82, 2.24) is 5.43 Å². The third-order valence-corrected chi connectivity index (χ3v) is 5.38. The number of piperidine rings is 1. The molecule has 138 valence electrons. The summed E-state index contributed by atoms with van der Waals surface area (Å²) < 4.78 is 0.674. The number of carbonyl (C=O) groups excluding carboxylic acids is 1. The highest BCUT2D eigenvalue weighted by Gasteiger charge is 2.36. The third kappa shape index (κ3) is 5.24. The number of hydrogen-bond acceptors (Lipinski definition) is 3. The topological polar surface area (TPSA) is 49.3 Å². The number of aliphatic hydroxyl groups is 1. The summed E-state index contributed by atoms with van der Waals surface area (Å²) in [6.07, 6.45) is 3.09. The molecule has 0 aliphatic carbocycles. The Balaban J connectivity index is 1.65. The van der Waals surface area contributed by atoms with Crippen LogP contribution in [0.15, 0.2) is 60.7 Å². The van der Waals surface area contributed by atoms with Gasteiger partial charge in [-0.1, -0.05) is 60.7 Å². The molecule has 1 heterocycles. The summed E-state index contributed by atoms with van der Waals surface area (Å²) in [4.78, 5) is 11.1. The molecular formula is C22H29N2O2+. The number of rotatable bonds is 8. The van der Waals surface area contributed by atoms with Crippen LogP contribution in [0.2, 0.25) is 0 Å². The molecule has 2 aromatic carbocycles. The van der Waals surface area contributed by atoms with Gasteiger partial charge in [0.2, 0.25) is 0 Å². The molecular weight excluding hydrogens is 324 g/mol. The van der Waals surface area contributed by atoms with Crippen molar-refractivity contribution >= 4 is 6.29 Å². The standard InChI is InChI=1S/C22H29N2O2/c25-18-21-11-13-24(14-12-21,23-16-20-9-5-2-6-10-20)17-22(26)15-19-7-3-1-4-8-19/h1-10,18,21-23,26H,11-17H2/q+1. The maximum absolute atomic E-state index is 11.1. The summed E-state index contributed by atoms with van der Waals surface area (Å²) in [6, 6.07) is 20.5. The summed E-state index contributed by atoms with van der Waals surface area (Å²) in [6.45, 7) is 3.18. The molecule has 1 unspecified atom stereocenters. The molecule has 0 aromatic heterocycles. The highest BCUT2D eigenvalue weighted by molar-refractivity contribution is 5.53. The van der Waals surface area contributed by atoms with E-state index in [1.54, 1.807) is 0 Å². The van der Waals surface area contributed by atoms with Crippen LogP contribution in [-0.4, -0.2) is 41.7 Å². The summed E-state index contributed by atoms with van der Waals surface area (Å²) in [7, 11) is 0. The zero-order valence-corrected chi connectivity index (χ0v) is 15.3. The molecule has 2 N–H and O–H groups in total. The fraction of sp³-hybridized carbons (Fsp3) is 0.409. The first-order valence-corrected chi connectivity index (χ1v) is 9.51. The van der Waals surface area contributed by atoms with Crippen LogP contribution in [0.1, 0.15) is 24.0 Å². The van der Waals surface area contributed by atoms with Crippen molar-refractivity contribution in [2.24, 2.45) is 5.92 Å². The summed E-state index contributed by atoms with van der Waals surface area (Å²) in [5.74, 6) is 0.158. The van der Waals surface area contributed by atoms with Crippen LogP contribution in [0.4, 0.5) is 0 Å². The predicted molar refractivity (Wildman–Crippen MR) is 103 cm³/mol. The number of quaternary nitrogens is 1. The summed E-state index contributed by atoms with van der Waals surface area (Å²) in [5.41, 5.74) is 6.07. The van der Waals surface area contributed by atoms with Crippen molar-refractivity contribution in [3.8, 4) is 0 Å². The van der Waals surface area contributed by atoms with Gasteiger partial charge in [-0.05, 0) is 11.1 Å². The van der Waals surface area contributed by atoms with E-state index >= 15 is 0 Å². The van der Waals surface area contributed by atoms with E-state index in [1.807, 2.05) is 36.4 Å². The molecule has 0 spiro atoms. The number of nitrogens with one attached hydrogen (secondary N) is 1. The normalized spacial score (nSPS) is 24.1. The molecule has 1 aliphatic heterocycles. The lowest BCUT2D eigenvalue weighted by Gasteiger charge is -2.43. The van der Waals surface area contributed by atoms with Gasteiger partial charge < -0.3 is 9.90 Å². The van der Waals surface area contributed by atoms with Gasteiger partial charge in [-0.3, -0.25) is 0 Å². The average molecular weight is 353 g/mol. The SMILES string of the molecule is O=CC1CC[N+](CC(O)Cc2ccccc2)(NCc2ccccc2)CC1. The van der Waals surface area contributed by atoms with Crippen LogP contribution in [-0.2, 0) is 17.8 Å². The van der Waals surface area contributed by atoms with Crippen molar-refractivity contribution < 1.29 is 14.5 Å². The van der Waals surface area contributed by atoms with Crippen LogP contribution >= 0.6 is 0 Å². The van der Waals surface area contributed by atoms with Crippen molar-refractivity contribution in [1.29, 1.82) is 0 Å². The number of nitrogens with zero attached hydrogens (tertiary/aromatic N) is 1. The van der Waals surface area contributed by atoms with Crippen molar-refractivity contribution in [2.75, 3.05) is 19.6 Å². The predicted octanol–water partition coefficient (Wildman–Crippen LogP) is 2.72. The van der Waals surface area contributed by atoms with Gasteiger partial charge in [-0.15, -0.1) is 0 Å². The monoisotopic (exact) mass is 353 g/mol. The van der Waals surface area contributed by atoms with Gasteiger partial charge in [0.25, 0.3) is 0 Å². The molecule has 1 atom stereocenters. The van der Waals surface area contributed by atoms with Gasteiger partial charge in [-0.25, -0.2) is 4.59 Å². The first kappa shape index (κ1) is 18.8. The van der Waals surface area contributed by atoms with Crippen LogP contribution in [0, 0.1) is 5.92 Å². The number of carbonyl (C=O) groups is 1. The maximum atomic E-state index is 11.1. The molecule has 3 rings (SSSR count). The highest BCUT2D eigenvalue weighted by Crippen LogP contribution is 2.22. The van der Waals surface area contributed by atoms with E-state index in [-0.39, 0.29) is 5.92 Å². The van der Waals surface area contributed by atoms with Gasteiger partial charge >= 0.3 is 0 Å². The summed E-state index contributed by atoms with van der Waals surface area (Å²) >= 11 is 0. The second-order valence-electron chi connectivity index (χ2n) is 7.41. The minimum atomic E-state index is -0.409. The molecule has 4 heteroatoms. The quantitative estimate of drug-likeness (QED) is 0.567. The molecule has 0 radical (unpaired) electrons. The van der Waals surface area contributed by atoms with E-state index in [4.69, 9.17) is 0 Å². The van der Waals surface area contributed by atoms with Crippen molar-refractivity contribution in [3.63, 3.8) is 0 Å². The van der Waals surface area contributed by atoms with Crippen LogP contribution in [0.3, 0.4) is 0 Å². The molecule has 0 saturated carbocycles. The second kappa shape index (κ2) is 9.08. The first-order chi connectivity index (χ1) is 12.7. The van der Waals surface area contributed by atoms with Crippen LogP contribution < -0.4 is 5.43 Å². The van der Waals surface area contributed by atoms with Gasteiger partial charge in [0, 0.05) is 25.2 Å². The molecule has 26 heavy (non-hydrogen) atoms. The lowest BCUT2D eigenvalue weighted by Crippen LogP contribution is -2.64. The summed E-state index contributed by atoms with van der Waals surface area (Å²) in [5, 5.41) is 10.7. The van der Waals surface area contributed by atoms with Crippen LogP contribution in [0.25, 0.3) is 0 Å². The van der Waals surface area contributed by atoms with Gasteiger partial charge in [0.15, 0.2) is 0 Å². The lowest BCUT2D eigenvalue weighted by atomic mass is 9.96. The minimum absolute atomic E-state index is 0.158. The zero-order chi connectivity index (χ0) is 18.2. The Morgan fingerprint density at radius 1 is 1.00 bits per heavy atom. The fourth-order valence-electron chi connectivity index (χ4n) is 3.83. The number of benzene rings is 2. The van der Waals surface area contributed by atoms with Crippen molar-refractivity contribution in [2.45, 2.75) is 31.9 Å². The number of hydrogen-bond donors (Lipinski definition) is 2. The molecule has 0 bridgehead atoms. The molecule has 4 nitrogen and oxygen atoms in total. The molecule has 0 amide bonds. The zero-order valence-electron chi connectivity index (χ0n) is 15.3. The molecule has 1 aliphatic rings. The van der Waals surface area contributed by atoms with E-state index in [0.29, 0.717) is 17.6 Å². The largest absolute Gasteiger partial charge is 0.387 e. The second-order valence-corrected chi connectivity index (χ2v) is 7.41. The Morgan fingerprint density at radius 3 is 2.15 bits per heavy atom. The highest BCUT2D eigenvalue weighted by atomic mass is 16.3. The number of aldehydes is 1. The average Bonchev–Trinajstić information content (AvgIpc) is 2.69. The Bertz CT molecular complexity index is 667. The fourth-order valence-corrected chi connectivity index (χ4v) is 3.83. The Kier molecular flexibility index (Phi) is 6.56. The number of likely N-dealkylation sites (tertiary alicyclic amines) is 1. The Hall–Kier alpha value is -2.01. The Morgan fingerprint density at radius 2 is 1.58 bits per heavy atom. The molecule has 2 aromatic rings. The lowest BCUT2D eigenvalue weighted by molar-refractivity contribution is -0.978. The first-order valence-electron chi connectivity index (χ1n) is 9.51. The van der Waals surface area contributed by atoms with E-state index in [2.05, 4.69) is 29.7 Å². The van der Waals surface area contributed by atoms with E-state index in [9.17, 15) is 9.90 Å². The Labute approximate surface area is 156 Å². The van der Waals surface area contributed by atoms with Gasteiger partial charge in [-0.2, -0.15) is 5.43 Å². The van der Waals surface area contributed by atoms with Crippen molar-refractivity contribution in [3.05, 3.63) is 71.8 Å².